The SMILES string of the molecule is Cc1noc(C2CCCCN2C(=O)c2cnc3c(O)cccn3c2=O)n1. The van der Waals surface area contributed by atoms with Crippen molar-refractivity contribution in [1.82, 2.24) is 24.4 Å². The predicted molar refractivity (Wildman–Crippen MR) is 89.8 cm³/mol. The third-order valence-corrected chi connectivity index (χ3v) is 4.53. The van der Waals surface area contributed by atoms with E-state index in [1.807, 2.05) is 0 Å². The number of aromatic nitrogens is 4. The van der Waals surface area contributed by atoms with Gasteiger partial charge in [-0.2, -0.15) is 4.98 Å². The van der Waals surface area contributed by atoms with Gasteiger partial charge in [0.15, 0.2) is 17.2 Å². The van der Waals surface area contributed by atoms with Gasteiger partial charge in [-0.05, 0) is 38.3 Å². The second kappa shape index (κ2) is 6.25. The first-order valence-electron chi connectivity index (χ1n) is 8.37. The fourth-order valence-electron chi connectivity index (χ4n) is 3.27. The van der Waals surface area contributed by atoms with Crippen molar-refractivity contribution in [1.29, 1.82) is 0 Å². The van der Waals surface area contributed by atoms with Crippen LogP contribution in [0.1, 0.15) is 47.4 Å². The van der Waals surface area contributed by atoms with Crippen LogP contribution < -0.4 is 5.56 Å². The second-order valence-corrected chi connectivity index (χ2v) is 6.25. The van der Waals surface area contributed by atoms with Gasteiger partial charge in [-0.3, -0.25) is 14.0 Å². The van der Waals surface area contributed by atoms with E-state index >= 15 is 0 Å². The van der Waals surface area contributed by atoms with Gasteiger partial charge in [-0.1, -0.05) is 5.16 Å². The number of likely N-dealkylation sites (tertiary alicyclic amines) is 1. The number of pyridine rings is 1. The Balaban J connectivity index is 1.75. The molecule has 0 spiro atoms. The normalized spacial score (nSPS) is 17.6. The van der Waals surface area contributed by atoms with E-state index in [1.165, 1.54) is 28.9 Å². The minimum atomic E-state index is -0.526. The molecule has 26 heavy (non-hydrogen) atoms. The van der Waals surface area contributed by atoms with Gasteiger partial charge in [-0.15, -0.1) is 0 Å². The second-order valence-electron chi connectivity index (χ2n) is 6.25. The molecule has 0 bridgehead atoms. The number of hydrogen-bond acceptors (Lipinski definition) is 7. The highest BCUT2D eigenvalue weighted by Crippen LogP contribution is 2.30. The number of rotatable bonds is 2. The summed E-state index contributed by atoms with van der Waals surface area (Å²) in [5.41, 5.74) is -0.477. The van der Waals surface area contributed by atoms with Crippen molar-refractivity contribution in [3.05, 3.63) is 52.2 Å². The lowest BCUT2D eigenvalue weighted by molar-refractivity contribution is 0.0559. The average molecular weight is 355 g/mol. The summed E-state index contributed by atoms with van der Waals surface area (Å²) in [5, 5.41) is 13.6. The molecular formula is C17H17N5O4. The number of hydrogen-bond donors (Lipinski definition) is 1. The molecule has 1 aliphatic heterocycles. The molecule has 1 aliphatic rings. The standard InChI is InChI=1S/C17H17N5O4/c1-10-19-15(26-20-10)12-5-2-3-7-21(12)16(24)11-9-18-14-13(23)6-4-8-22(14)17(11)25/h4,6,8-9,12,23H,2-3,5,7H2,1H3. The van der Waals surface area contributed by atoms with Crippen molar-refractivity contribution in [3.63, 3.8) is 0 Å². The zero-order chi connectivity index (χ0) is 18.3. The first-order chi connectivity index (χ1) is 12.6. The Morgan fingerprint density at radius 1 is 1.38 bits per heavy atom. The van der Waals surface area contributed by atoms with Crippen molar-refractivity contribution in [2.24, 2.45) is 0 Å². The van der Waals surface area contributed by atoms with Gasteiger partial charge in [0, 0.05) is 18.9 Å². The number of aromatic hydroxyl groups is 1. The van der Waals surface area contributed by atoms with Gasteiger partial charge in [0.05, 0.1) is 0 Å². The molecule has 1 saturated heterocycles. The van der Waals surface area contributed by atoms with Crippen molar-refractivity contribution >= 4 is 11.6 Å². The Bertz CT molecular complexity index is 1040. The van der Waals surface area contributed by atoms with Crippen molar-refractivity contribution in [3.8, 4) is 5.75 Å². The Kier molecular flexibility index (Phi) is 3.90. The third kappa shape index (κ3) is 2.61. The maximum atomic E-state index is 13.1. The molecule has 9 heteroatoms. The summed E-state index contributed by atoms with van der Waals surface area (Å²) in [4.78, 5) is 35.7. The zero-order valence-corrected chi connectivity index (χ0v) is 14.1. The summed E-state index contributed by atoms with van der Waals surface area (Å²) in [6, 6.07) is 2.59. The molecule has 0 radical (unpaired) electrons. The van der Waals surface area contributed by atoms with Crippen LogP contribution in [-0.4, -0.2) is 42.0 Å². The highest BCUT2D eigenvalue weighted by atomic mass is 16.5. The van der Waals surface area contributed by atoms with E-state index < -0.39 is 11.5 Å². The molecule has 4 rings (SSSR count). The van der Waals surface area contributed by atoms with Crippen molar-refractivity contribution in [2.45, 2.75) is 32.2 Å². The minimum absolute atomic E-state index is 0.0590. The van der Waals surface area contributed by atoms with Gasteiger partial charge in [0.2, 0.25) is 5.89 Å². The van der Waals surface area contributed by atoms with Crippen molar-refractivity contribution < 1.29 is 14.4 Å². The maximum Gasteiger partial charge on any atom is 0.270 e. The fraction of sp³-hybridized carbons (Fsp3) is 0.353. The number of piperidine rings is 1. The first-order valence-corrected chi connectivity index (χ1v) is 8.37. The van der Waals surface area contributed by atoms with Crippen LogP contribution in [-0.2, 0) is 0 Å². The molecule has 3 aromatic rings. The van der Waals surface area contributed by atoms with E-state index in [-0.39, 0.29) is 23.0 Å². The lowest BCUT2D eigenvalue weighted by Gasteiger charge is -2.33. The number of carbonyl (C=O) groups excluding carboxylic acids is 1. The molecule has 134 valence electrons. The number of fused-ring (bicyclic) bond motifs is 1. The highest BCUT2D eigenvalue weighted by molar-refractivity contribution is 5.94. The van der Waals surface area contributed by atoms with Gasteiger partial charge in [0.25, 0.3) is 11.5 Å². The van der Waals surface area contributed by atoms with E-state index in [4.69, 9.17) is 4.52 Å². The molecule has 4 heterocycles. The predicted octanol–water partition coefficient (Wildman–Crippen LogP) is 1.46. The highest BCUT2D eigenvalue weighted by Gasteiger charge is 2.33. The fourth-order valence-corrected chi connectivity index (χ4v) is 3.27. The Hall–Kier alpha value is -3.23. The molecule has 1 atom stereocenters. The lowest BCUT2D eigenvalue weighted by Crippen LogP contribution is -2.41. The molecule has 0 aliphatic carbocycles. The molecule has 0 aromatic carbocycles. The molecule has 1 N–H and O–H groups in total. The largest absolute Gasteiger partial charge is 0.504 e. The molecule has 1 unspecified atom stereocenters. The van der Waals surface area contributed by atoms with Crippen LogP contribution in [0.3, 0.4) is 0 Å². The van der Waals surface area contributed by atoms with E-state index in [1.54, 1.807) is 11.8 Å². The van der Waals surface area contributed by atoms with Crippen LogP contribution in [0.15, 0.2) is 33.8 Å². The lowest BCUT2D eigenvalue weighted by atomic mass is 10.0. The van der Waals surface area contributed by atoms with Crippen LogP contribution in [0.2, 0.25) is 0 Å². The summed E-state index contributed by atoms with van der Waals surface area (Å²) in [6.07, 6.45) is 5.13. The van der Waals surface area contributed by atoms with Crippen molar-refractivity contribution in [2.75, 3.05) is 6.54 Å². The van der Waals surface area contributed by atoms with Gasteiger partial charge in [0.1, 0.15) is 11.6 Å². The van der Waals surface area contributed by atoms with Crippen LogP contribution in [0.5, 0.6) is 5.75 Å². The first kappa shape index (κ1) is 16.2. The summed E-state index contributed by atoms with van der Waals surface area (Å²) in [6.45, 7) is 2.21. The Labute approximate surface area is 147 Å². The molecular weight excluding hydrogens is 338 g/mol. The van der Waals surface area contributed by atoms with Crippen LogP contribution >= 0.6 is 0 Å². The summed E-state index contributed by atoms with van der Waals surface area (Å²) >= 11 is 0. The zero-order valence-electron chi connectivity index (χ0n) is 14.1. The van der Waals surface area contributed by atoms with E-state index in [0.717, 1.165) is 12.8 Å². The topological polar surface area (TPSA) is 114 Å². The molecule has 1 amide bonds. The molecule has 3 aromatic heterocycles. The van der Waals surface area contributed by atoms with E-state index in [9.17, 15) is 14.7 Å². The third-order valence-electron chi connectivity index (χ3n) is 4.53. The average Bonchev–Trinajstić information content (AvgIpc) is 3.08. The maximum absolute atomic E-state index is 13.1. The summed E-state index contributed by atoms with van der Waals surface area (Å²) in [5.74, 6) is 0.324. The molecule has 1 fully saturated rings. The van der Waals surface area contributed by atoms with E-state index in [0.29, 0.717) is 24.7 Å². The number of nitrogens with zero attached hydrogens (tertiary/aromatic N) is 5. The van der Waals surface area contributed by atoms with Gasteiger partial charge >= 0.3 is 0 Å². The number of carbonyl (C=O) groups is 1. The summed E-state index contributed by atoms with van der Waals surface area (Å²) < 4.78 is 6.41. The Morgan fingerprint density at radius 3 is 3.00 bits per heavy atom. The van der Waals surface area contributed by atoms with Gasteiger partial charge < -0.3 is 14.5 Å². The smallest absolute Gasteiger partial charge is 0.270 e. The number of aryl methyl sites for hydroxylation is 1. The quantitative estimate of drug-likeness (QED) is 0.740. The van der Waals surface area contributed by atoms with Crippen LogP contribution in [0.4, 0.5) is 0 Å². The minimum Gasteiger partial charge on any atom is -0.504 e. The van der Waals surface area contributed by atoms with E-state index in [2.05, 4.69) is 15.1 Å². The number of amides is 1. The van der Waals surface area contributed by atoms with Crippen LogP contribution in [0, 0.1) is 6.92 Å². The Morgan fingerprint density at radius 2 is 2.23 bits per heavy atom. The molecule has 0 saturated carbocycles. The summed E-state index contributed by atoms with van der Waals surface area (Å²) in [7, 11) is 0. The molecule has 9 nitrogen and oxygen atoms in total. The van der Waals surface area contributed by atoms with Crippen LogP contribution in [0.25, 0.3) is 5.65 Å². The monoisotopic (exact) mass is 355 g/mol. The van der Waals surface area contributed by atoms with Gasteiger partial charge in [-0.25, -0.2) is 4.98 Å².